The molecule has 0 unspecified atom stereocenters. The molecule has 1 aliphatic heterocycles. The van der Waals surface area contributed by atoms with E-state index in [0.29, 0.717) is 13.0 Å². The fourth-order valence-corrected chi connectivity index (χ4v) is 3.21. The van der Waals surface area contributed by atoms with Gasteiger partial charge in [-0.1, -0.05) is 13.0 Å². The zero-order valence-corrected chi connectivity index (χ0v) is 10.8. The van der Waals surface area contributed by atoms with E-state index in [9.17, 15) is 8.42 Å². The van der Waals surface area contributed by atoms with Crippen molar-refractivity contribution in [1.29, 1.82) is 0 Å². The summed E-state index contributed by atoms with van der Waals surface area (Å²) in [4.78, 5) is 0. The van der Waals surface area contributed by atoms with Crippen LogP contribution in [0.3, 0.4) is 0 Å². The van der Waals surface area contributed by atoms with E-state index in [1.54, 1.807) is 13.0 Å². The minimum atomic E-state index is -3.29. The Labute approximate surface area is 98.1 Å². The molecule has 0 radical (unpaired) electrons. The second kappa shape index (κ2) is 5.80. The van der Waals surface area contributed by atoms with Gasteiger partial charge in [0.05, 0.1) is 5.25 Å². The van der Waals surface area contributed by atoms with Crippen LogP contribution < -0.4 is 4.72 Å². The second-order valence-electron chi connectivity index (χ2n) is 4.37. The fourth-order valence-electron chi connectivity index (χ4n) is 1.72. The van der Waals surface area contributed by atoms with Gasteiger partial charge in [0.25, 0.3) is 0 Å². The molecule has 94 valence electrons. The Morgan fingerprint density at radius 2 is 2.25 bits per heavy atom. The SMILES string of the molecule is C=CC[C@H](C)[C@@H](C)S(=O)(=O)N[C@H]1CCCO1. The largest absolute Gasteiger partial charge is 0.362 e. The van der Waals surface area contributed by atoms with Gasteiger partial charge in [-0.25, -0.2) is 8.42 Å². The van der Waals surface area contributed by atoms with E-state index in [1.165, 1.54) is 0 Å². The summed E-state index contributed by atoms with van der Waals surface area (Å²) in [5, 5.41) is -0.422. The number of nitrogens with one attached hydrogen (secondary N) is 1. The van der Waals surface area contributed by atoms with Gasteiger partial charge in [-0.05, 0) is 32.1 Å². The van der Waals surface area contributed by atoms with Crippen LogP contribution in [-0.4, -0.2) is 26.5 Å². The number of rotatable bonds is 6. The van der Waals surface area contributed by atoms with Gasteiger partial charge >= 0.3 is 0 Å². The number of hydrogen-bond acceptors (Lipinski definition) is 3. The number of sulfonamides is 1. The van der Waals surface area contributed by atoms with Crippen molar-refractivity contribution in [3.8, 4) is 0 Å². The van der Waals surface area contributed by atoms with Gasteiger partial charge in [-0.2, -0.15) is 4.72 Å². The maximum Gasteiger partial charge on any atom is 0.216 e. The molecule has 1 N–H and O–H groups in total. The topological polar surface area (TPSA) is 55.4 Å². The van der Waals surface area contributed by atoms with E-state index in [4.69, 9.17) is 4.74 Å². The lowest BCUT2D eigenvalue weighted by Crippen LogP contribution is -2.41. The molecule has 4 nitrogen and oxygen atoms in total. The van der Waals surface area contributed by atoms with Crippen LogP contribution in [0.25, 0.3) is 0 Å². The van der Waals surface area contributed by atoms with Gasteiger partial charge in [0.15, 0.2) is 0 Å². The summed E-state index contributed by atoms with van der Waals surface area (Å²) in [6.45, 7) is 7.92. The van der Waals surface area contributed by atoms with Gasteiger partial charge in [0.1, 0.15) is 6.23 Å². The Balaban J connectivity index is 2.57. The van der Waals surface area contributed by atoms with Crippen molar-refractivity contribution in [2.45, 2.75) is 44.6 Å². The molecule has 0 aromatic carbocycles. The van der Waals surface area contributed by atoms with Crippen LogP contribution in [0.1, 0.15) is 33.1 Å². The Morgan fingerprint density at radius 3 is 2.75 bits per heavy atom. The molecule has 0 aromatic heterocycles. The third-order valence-electron chi connectivity index (χ3n) is 3.05. The first-order valence-electron chi connectivity index (χ1n) is 5.71. The fraction of sp³-hybridized carbons (Fsp3) is 0.818. The molecule has 0 amide bonds. The zero-order valence-electron chi connectivity index (χ0n) is 9.98. The Bertz CT molecular complexity index is 320. The average molecular weight is 247 g/mol. The lowest BCUT2D eigenvalue weighted by molar-refractivity contribution is 0.102. The number of hydrogen-bond donors (Lipinski definition) is 1. The van der Waals surface area contributed by atoms with E-state index in [1.807, 2.05) is 6.92 Å². The molecular formula is C11H21NO3S. The molecule has 0 spiro atoms. The molecule has 0 aliphatic carbocycles. The molecule has 0 saturated carbocycles. The lowest BCUT2D eigenvalue weighted by atomic mass is 10.1. The zero-order chi connectivity index (χ0) is 12.2. The number of ether oxygens (including phenoxy) is 1. The van der Waals surface area contributed by atoms with Crippen LogP contribution in [0.5, 0.6) is 0 Å². The van der Waals surface area contributed by atoms with Crippen LogP contribution in [0.2, 0.25) is 0 Å². The van der Waals surface area contributed by atoms with Crippen LogP contribution in [0, 0.1) is 5.92 Å². The third-order valence-corrected chi connectivity index (χ3v) is 5.09. The highest BCUT2D eigenvalue weighted by Gasteiger charge is 2.29. The van der Waals surface area contributed by atoms with Crippen molar-refractivity contribution in [3.63, 3.8) is 0 Å². The maximum absolute atomic E-state index is 12.0. The van der Waals surface area contributed by atoms with E-state index >= 15 is 0 Å². The van der Waals surface area contributed by atoms with Crippen molar-refractivity contribution in [2.75, 3.05) is 6.61 Å². The van der Waals surface area contributed by atoms with Crippen molar-refractivity contribution < 1.29 is 13.2 Å². The molecule has 1 saturated heterocycles. The van der Waals surface area contributed by atoms with Gasteiger partial charge in [-0.15, -0.1) is 6.58 Å². The van der Waals surface area contributed by atoms with Crippen molar-refractivity contribution >= 4 is 10.0 Å². The van der Waals surface area contributed by atoms with Crippen molar-refractivity contribution in [3.05, 3.63) is 12.7 Å². The normalized spacial score (nSPS) is 25.2. The molecule has 1 rings (SSSR count). The second-order valence-corrected chi connectivity index (χ2v) is 6.44. The summed E-state index contributed by atoms with van der Waals surface area (Å²) in [6, 6.07) is 0. The lowest BCUT2D eigenvalue weighted by Gasteiger charge is -2.21. The molecule has 3 atom stereocenters. The third kappa shape index (κ3) is 3.57. The van der Waals surface area contributed by atoms with E-state index in [0.717, 1.165) is 12.8 Å². The first-order valence-corrected chi connectivity index (χ1v) is 7.25. The first-order chi connectivity index (χ1) is 7.47. The van der Waals surface area contributed by atoms with Crippen LogP contribution in [-0.2, 0) is 14.8 Å². The summed E-state index contributed by atoms with van der Waals surface area (Å²) in [7, 11) is -3.29. The van der Waals surface area contributed by atoms with Crippen LogP contribution in [0.15, 0.2) is 12.7 Å². The predicted octanol–water partition coefficient (Wildman–Crippen LogP) is 1.64. The highest BCUT2D eigenvalue weighted by Crippen LogP contribution is 2.18. The smallest absolute Gasteiger partial charge is 0.216 e. The van der Waals surface area contributed by atoms with Gasteiger partial charge in [0, 0.05) is 6.61 Å². The van der Waals surface area contributed by atoms with E-state index < -0.39 is 15.3 Å². The minimum absolute atomic E-state index is 0.0661. The first kappa shape index (κ1) is 13.7. The Hall–Kier alpha value is -0.390. The maximum atomic E-state index is 12.0. The molecule has 1 aliphatic rings. The molecule has 1 fully saturated rings. The van der Waals surface area contributed by atoms with Gasteiger partial charge in [0.2, 0.25) is 10.0 Å². The summed E-state index contributed by atoms with van der Waals surface area (Å²) in [6.07, 6.45) is 3.81. The quantitative estimate of drug-likeness (QED) is 0.726. The molecule has 16 heavy (non-hydrogen) atoms. The molecule has 0 bridgehead atoms. The minimum Gasteiger partial charge on any atom is -0.362 e. The number of allylic oxidation sites excluding steroid dienone is 1. The van der Waals surface area contributed by atoms with Crippen molar-refractivity contribution in [2.24, 2.45) is 5.92 Å². The van der Waals surface area contributed by atoms with Crippen molar-refractivity contribution in [1.82, 2.24) is 4.72 Å². The highest BCUT2D eigenvalue weighted by molar-refractivity contribution is 7.90. The van der Waals surface area contributed by atoms with Gasteiger partial charge < -0.3 is 4.74 Å². The molecule has 1 heterocycles. The summed E-state index contributed by atoms with van der Waals surface area (Å²) >= 11 is 0. The monoisotopic (exact) mass is 247 g/mol. The van der Waals surface area contributed by atoms with Gasteiger partial charge in [-0.3, -0.25) is 0 Å². The summed E-state index contributed by atoms with van der Waals surface area (Å²) in [5.74, 6) is 0.0661. The standard InChI is InChI=1S/C11H21NO3S/c1-4-6-9(2)10(3)16(13,14)12-11-7-5-8-15-11/h4,9-12H,1,5-8H2,2-3H3/t9-,10+,11+/m0/s1. The van der Waals surface area contributed by atoms with Crippen LogP contribution in [0.4, 0.5) is 0 Å². The van der Waals surface area contributed by atoms with E-state index in [-0.39, 0.29) is 12.1 Å². The van der Waals surface area contributed by atoms with Crippen LogP contribution >= 0.6 is 0 Å². The predicted molar refractivity (Wildman–Crippen MR) is 64.5 cm³/mol. The highest BCUT2D eigenvalue weighted by atomic mass is 32.2. The average Bonchev–Trinajstić information content (AvgIpc) is 2.68. The summed E-state index contributed by atoms with van der Waals surface area (Å²) < 4.78 is 31.8. The van der Waals surface area contributed by atoms with E-state index in [2.05, 4.69) is 11.3 Å². The Kier molecular flexibility index (Phi) is 4.95. The molecule has 5 heteroatoms. The summed E-state index contributed by atoms with van der Waals surface area (Å²) in [5.41, 5.74) is 0. The molecular weight excluding hydrogens is 226 g/mol. The Morgan fingerprint density at radius 1 is 1.56 bits per heavy atom. The molecule has 0 aromatic rings.